The van der Waals surface area contributed by atoms with Crippen molar-refractivity contribution in [3.8, 4) is 5.69 Å². The molecule has 0 aliphatic heterocycles. The molecule has 0 fully saturated rings. The second-order valence-corrected chi connectivity index (χ2v) is 8.02. The minimum Gasteiger partial charge on any atom is -0.281 e. The van der Waals surface area contributed by atoms with Crippen LogP contribution in [0.25, 0.3) is 27.5 Å². The third kappa shape index (κ3) is 4.07. The lowest BCUT2D eigenvalue weighted by Gasteiger charge is -2.07. The van der Waals surface area contributed by atoms with Gasteiger partial charge < -0.3 is 0 Å². The lowest BCUT2D eigenvalue weighted by molar-refractivity contribution is 0.661. The highest BCUT2D eigenvalue weighted by Gasteiger charge is 2.16. The average Bonchev–Trinajstić information content (AvgIpc) is 3.33. The van der Waals surface area contributed by atoms with Crippen molar-refractivity contribution in [3.05, 3.63) is 53.9 Å². The first-order valence-corrected chi connectivity index (χ1v) is 11.3. The van der Waals surface area contributed by atoms with E-state index in [0.717, 1.165) is 24.0 Å². The van der Waals surface area contributed by atoms with Crippen molar-refractivity contribution in [2.75, 3.05) is 0 Å². The zero-order valence-electron chi connectivity index (χ0n) is 17.7. The summed E-state index contributed by atoms with van der Waals surface area (Å²) in [5, 5.41) is 15.5. The maximum absolute atomic E-state index is 5.09. The predicted octanol–water partition coefficient (Wildman–Crippen LogP) is 6.76. The Hall–Kier alpha value is -2.62. The number of aromatic nitrogens is 4. The minimum absolute atomic E-state index is 1.03. The van der Waals surface area contributed by atoms with E-state index >= 15 is 0 Å². The molecule has 0 saturated heterocycles. The van der Waals surface area contributed by atoms with E-state index in [1.807, 2.05) is 0 Å². The van der Waals surface area contributed by atoms with Crippen LogP contribution in [0.15, 0.2) is 42.5 Å². The van der Waals surface area contributed by atoms with Crippen molar-refractivity contribution in [1.82, 2.24) is 20.0 Å². The number of aromatic amines is 1. The van der Waals surface area contributed by atoms with Gasteiger partial charge in [0.05, 0.1) is 22.4 Å². The van der Waals surface area contributed by atoms with Crippen LogP contribution in [0.2, 0.25) is 0 Å². The summed E-state index contributed by atoms with van der Waals surface area (Å²) >= 11 is 0. The van der Waals surface area contributed by atoms with E-state index in [9.17, 15) is 0 Å². The fourth-order valence-electron chi connectivity index (χ4n) is 4.24. The third-order valence-electron chi connectivity index (χ3n) is 5.82. The van der Waals surface area contributed by atoms with E-state index in [4.69, 9.17) is 5.10 Å². The van der Waals surface area contributed by atoms with Crippen LogP contribution < -0.4 is 0 Å². The van der Waals surface area contributed by atoms with Gasteiger partial charge >= 0.3 is 0 Å². The summed E-state index contributed by atoms with van der Waals surface area (Å²) in [6, 6.07) is 15.0. The van der Waals surface area contributed by atoms with Crippen molar-refractivity contribution in [3.63, 3.8) is 0 Å². The molecule has 4 rings (SSSR count). The number of para-hydroxylation sites is 1. The summed E-state index contributed by atoms with van der Waals surface area (Å²) in [6.45, 7) is 4.50. The van der Waals surface area contributed by atoms with Gasteiger partial charge in [0.1, 0.15) is 0 Å². The second-order valence-electron chi connectivity index (χ2n) is 8.02. The van der Waals surface area contributed by atoms with Crippen LogP contribution in [-0.4, -0.2) is 20.0 Å². The molecule has 0 aliphatic rings. The zero-order chi connectivity index (χ0) is 20.1. The lowest BCUT2D eigenvalue weighted by atomic mass is 10.1. The molecule has 1 N–H and O–H groups in total. The van der Waals surface area contributed by atoms with Crippen LogP contribution in [0.5, 0.6) is 0 Å². The highest BCUT2D eigenvalue weighted by atomic mass is 15.3. The van der Waals surface area contributed by atoms with E-state index in [-0.39, 0.29) is 0 Å². The number of hydrogen-bond donors (Lipinski definition) is 1. The Balaban J connectivity index is 1.76. The molecule has 0 unspecified atom stereocenters. The van der Waals surface area contributed by atoms with E-state index in [1.165, 1.54) is 72.6 Å². The number of fused-ring (bicyclic) bond motifs is 2. The molecule has 0 spiro atoms. The second kappa shape index (κ2) is 9.25. The minimum atomic E-state index is 1.03. The van der Waals surface area contributed by atoms with Gasteiger partial charge in [0, 0.05) is 16.5 Å². The molecule has 29 heavy (non-hydrogen) atoms. The number of nitrogens with zero attached hydrogens (tertiary/aromatic N) is 3. The fourth-order valence-corrected chi connectivity index (χ4v) is 4.24. The van der Waals surface area contributed by atoms with Gasteiger partial charge in [-0.3, -0.25) is 5.10 Å². The lowest BCUT2D eigenvalue weighted by Crippen LogP contribution is -2.00. The van der Waals surface area contributed by atoms with Gasteiger partial charge in [0.25, 0.3) is 0 Å². The number of hydrogen-bond acceptors (Lipinski definition) is 2. The zero-order valence-corrected chi connectivity index (χ0v) is 17.7. The quantitative estimate of drug-likeness (QED) is 0.305. The molecule has 2 aromatic heterocycles. The maximum atomic E-state index is 5.09. The molecule has 0 saturated carbocycles. The van der Waals surface area contributed by atoms with Gasteiger partial charge in [0.2, 0.25) is 0 Å². The standard InChI is InChI=1S/C25H32N4/c1-3-5-7-9-15-21-25-22(27-26-21)16-12-18-24(25)29-23-17-11-10-13-19(23)20(28-29)14-8-6-4-2/h10-13,16-18H,3-9,14-15H2,1-2H3,(H,26,27). The molecule has 0 amide bonds. The van der Waals surface area contributed by atoms with E-state index in [0.29, 0.717) is 0 Å². The van der Waals surface area contributed by atoms with Crippen molar-refractivity contribution in [1.29, 1.82) is 0 Å². The number of nitrogens with one attached hydrogen (secondary N) is 1. The van der Waals surface area contributed by atoms with Gasteiger partial charge in [-0.05, 0) is 43.9 Å². The Bertz CT molecular complexity index is 1070. The van der Waals surface area contributed by atoms with Crippen molar-refractivity contribution in [2.45, 2.75) is 71.6 Å². The normalized spacial score (nSPS) is 11.7. The third-order valence-corrected chi connectivity index (χ3v) is 5.82. The smallest absolute Gasteiger partial charge is 0.0945 e. The molecule has 152 valence electrons. The number of H-pyrrole nitrogens is 1. The molecule has 4 aromatic rings. The molecule has 0 aliphatic carbocycles. The Morgan fingerprint density at radius 2 is 1.62 bits per heavy atom. The molecule has 0 radical (unpaired) electrons. The van der Waals surface area contributed by atoms with Crippen molar-refractivity contribution < 1.29 is 0 Å². The molecule has 4 nitrogen and oxygen atoms in total. The molecule has 0 atom stereocenters. The number of benzene rings is 2. The van der Waals surface area contributed by atoms with E-state index < -0.39 is 0 Å². The predicted molar refractivity (Wildman–Crippen MR) is 122 cm³/mol. The first-order chi connectivity index (χ1) is 14.3. The van der Waals surface area contributed by atoms with Crippen molar-refractivity contribution >= 4 is 21.8 Å². The maximum Gasteiger partial charge on any atom is 0.0945 e. The van der Waals surface area contributed by atoms with Crippen LogP contribution in [0.3, 0.4) is 0 Å². The Labute approximate surface area is 173 Å². The van der Waals surface area contributed by atoms with Crippen LogP contribution in [-0.2, 0) is 12.8 Å². The summed E-state index contributed by atoms with van der Waals surface area (Å²) in [6.07, 6.45) is 10.8. The molecule has 0 bridgehead atoms. The highest BCUT2D eigenvalue weighted by Crippen LogP contribution is 2.29. The SMILES string of the molecule is CCCCCCc1[nH]nc2cccc(-n3nc(CCCCC)c4ccccc43)c12. The largest absolute Gasteiger partial charge is 0.281 e. The molecular weight excluding hydrogens is 356 g/mol. The van der Waals surface area contributed by atoms with E-state index in [1.54, 1.807) is 0 Å². The van der Waals surface area contributed by atoms with Gasteiger partial charge in [-0.2, -0.15) is 10.2 Å². The summed E-state index contributed by atoms with van der Waals surface area (Å²) in [5.41, 5.74) is 5.79. The Morgan fingerprint density at radius 1 is 0.828 bits per heavy atom. The number of aryl methyl sites for hydroxylation is 2. The highest BCUT2D eigenvalue weighted by molar-refractivity contribution is 5.93. The molecule has 4 heteroatoms. The van der Waals surface area contributed by atoms with Gasteiger partial charge in [0.15, 0.2) is 0 Å². The summed E-state index contributed by atoms with van der Waals surface area (Å²) in [5.74, 6) is 0. The molecule has 2 heterocycles. The topological polar surface area (TPSA) is 46.5 Å². The van der Waals surface area contributed by atoms with Crippen molar-refractivity contribution in [2.24, 2.45) is 0 Å². The summed E-state index contributed by atoms with van der Waals surface area (Å²) < 4.78 is 2.14. The Morgan fingerprint density at radius 3 is 2.48 bits per heavy atom. The number of unbranched alkanes of at least 4 members (excludes halogenated alkanes) is 5. The first-order valence-electron chi connectivity index (χ1n) is 11.3. The van der Waals surface area contributed by atoms with E-state index in [2.05, 4.69) is 71.2 Å². The summed E-state index contributed by atoms with van der Waals surface area (Å²) in [7, 11) is 0. The van der Waals surface area contributed by atoms with Gasteiger partial charge in [-0.25, -0.2) is 4.68 Å². The fraction of sp³-hybridized carbons (Fsp3) is 0.440. The van der Waals surface area contributed by atoms with Gasteiger partial charge in [-0.15, -0.1) is 0 Å². The summed E-state index contributed by atoms with van der Waals surface area (Å²) in [4.78, 5) is 0. The van der Waals surface area contributed by atoms with Crippen LogP contribution in [0, 0.1) is 0 Å². The number of rotatable bonds is 10. The van der Waals surface area contributed by atoms with Crippen LogP contribution in [0.1, 0.15) is 70.2 Å². The monoisotopic (exact) mass is 388 g/mol. The Kier molecular flexibility index (Phi) is 6.28. The molecule has 2 aromatic carbocycles. The van der Waals surface area contributed by atoms with Gasteiger partial charge in [-0.1, -0.05) is 70.2 Å². The molecular formula is C25H32N4. The first kappa shape index (κ1) is 19.7. The van der Waals surface area contributed by atoms with Crippen LogP contribution >= 0.6 is 0 Å². The average molecular weight is 389 g/mol. The van der Waals surface area contributed by atoms with Crippen LogP contribution in [0.4, 0.5) is 0 Å².